The largest absolute Gasteiger partial charge is 0.508 e. The fraction of sp³-hybridized carbons (Fsp3) is 0.105. The lowest BCUT2D eigenvalue weighted by Gasteiger charge is -2.09. The van der Waals surface area contributed by atoms with E-state index in [4.69, 9.17) is 9.47 Å². The number of benzene rings is 2. The molecule has 0 atom stereocenters. The highest BCUT2D eigenvalue weighted by Crippen LogP contribution is 2.28. The fourth-order valence-corrected chi connectivity index (χ4v) is 2.00. The van der Waals surface area contributed by atoms with Gasteiger partial charge in [-0.05, 0) is 35.9 Å². The molecular weight excluding hydrogens is 306 g/mol. The minimum Gasteiger partial charge on any atom is -0.508 e. The smallest absolute Gasteiger partial charge is 0.248 e. The Morgan fingerprint density at radius 1 is 1.25 bits per heavy atom. The molecule has 0 fully saturated rings. The molecule has 0 spiro atoms. The van der Waals surface area contributed by atoms with E-state index in [1.54, 1.807) is 43.5 Å². The summed E-state index contributed by atoms with van der Waals surface area (Å²) < 4.78 is 10.8. The second-order valence-electron chi connectivity index (χ2n) is 4.88. The molecule has 2 aromatic rings. The van der Waals surface area contributed by atoms with Crippen LogP contribution >= 0.6 is 0 Å². The van der Waals surface area contributed by atoms with Crippen molar-refractivity contribution in [1.29, 1.82) is 0 Å². The van der Waals surface area contributed by atoms with Gasteiger partial charge in [-0.1, -0.05) is 24.8 Å². The second kappa shape index (κ2) is 8.43. The minimum atomic E-state index is -0.299. The van der Waals surface area contributed by atoms with Crippen LogP contribution in [0.25, 0.3) is 6.08 Å². The Bertz CT molecular complexity index is 753. The molecule has 0 aromatic heterocycles. The van der Waals surface area contributed by atoms with Gasteiger partial charge in [-0.3, -0.25) is 4.79 Å². The molecule has 0 saturated heterocycles. The van der Waals surface area contributed by atoms with Crippen molar-refractivity contribution in [2.75, 3.05) is 19.0 Å². The molecule has 2 N–H and O–H groups in total. The normalized spacial score (nSPS) is 10.4. The average molecular weight is 325 g/mol. The summed E-state index contributed by atoms with van der Waals surface area (Å²) in [4.78, 5) is 11.9. The maximum atomic E-state index is 11.9. The fourth-order valence-electron chi connectivity index (χ4n) is 2.00. The number of amides is 1. The molecule has 0 unspecified atom stereocenters. The quantitative estimate of drug-likeness (QED) is 0.603. The van der Waals surface area contributed by atoms with E-state index in [1.807, 2.05) is 6.07 Å². The minimum absolute atomic E-state index is 0.0941. The summed E-state index contributed by atoms with van der Waals surface area (Å²) in [6.45, 7) is 3.99. The number of methoxy groups -OCH3 is 1. The highest BCUT2D eigenvalue weighted by Gasteiger charge is 2.04. The molecule has 2 aromatic carbocycles. The number of anilines is 1. The number of ether oxygens (including phenoxy) is 2. The number of carbonyl (C=O) groups excluding carboxylic acids is 1. The molecule has 5 heteroatoms. The Morgan fingerprint density at radius 3 is 2.79 bits per heavy atom. The number of nitrogens with one attached hydrogen (secondary N) is 1. The van der Waals surface area contributed by atoms with Crippen LogP contribution in [0.1, 0.15) is 5.56 Å². The van der Waals surface area contributed by atoms with Gasteiger partial charge in [0, 0.05) is 17.8 Å². The van der Waals surface area contributed by atoms with Gasteiger partial charge in [-0.15, -0.1) is 0 Å². The van der Waals surface area contributed by atoms with Gasteiger partial charge in [0.2, 0.25) is 5.91 Å². The number of aromatic hydroxyl groups is 1. The van der Waals surface area contributed by atoms with Gasteiger partial charge >= 0.3 is 0 Å². The molecule has 0 aliphatic rings. The molecule has 0 aliphatic carbocycles. The third-order valence-electron chi connectivity index (χ3n) is 3.09. The Kier molecular flexibility index (Phi) is 6.02. The number of phenols is 1. The molecule has 0 heterocycles. The molecule has 124 valence electrons. The first kappa shape index (κ1) is 17.1. The zero-order valence-corrected chi connectivity index (χ0v) is 13.4. The predicted molar refractivity (Wildman–Crippen MR) is 94.5 cm³/mol. The Labute approximate surface area is 140 Å². The molecule has 0 aliphatic heterocycles. The van der Waals surface area contributed by atoms with Crippen LogP contribution in [0.3, 0.4) is 0 Å². The lowest BCUT2D eigenvalue weighted by molar-refractivity contribution is -0.111. The molecule has 5 nitrogen and oxygen atoms in total. The van der Waals surface area contributed by atoms with Crippen molar-refractivity contribution in [3.63, 3.8) is 0 Å². The van der Waals surface area contributed by atoms with Crippen LogP contribution in [-0.2, 0) is 4.79 Å². The molecule has 0 radical (unpaired) electrons. The van der Waals surface area contributed by atoms with Crippen LogP contribution in [0.5, 0.6) is 17.2 Å². The molecule has 1 amide bonds. The monoisotopic (exact) mass is 325 g/mol. The van der Waals surface area contributed by atoms with Gasteiger partial charge in [0.15, 0.2) is 11.5 Å². The van der Waals surface area contributed by atoms with E-state index in [2.05, 4.69) is 11.9 Å². The zero-order chi connectivity index (χ0) is 17.4. The lowest BCUT2D eigenvalue weighted by atomic mass is 10.2. The van der Waals surface area contributed by atoms with E-state index in [9.17, 15) is 9.90 Å². The topological polar surface area (TPSA) is 67.8 Å². The van der Waals surface area contributed by atoms with Crippen molar-refractivity contribution in [2.24, 2.45) is 0 Å². The molecule has 24 heavy (non-hydrogen) atoms. The van der Waals surface area contributed by atoms with Gasteiger partial charge < -0.3 is 19.9 Å². The molecule has 0 saturated carbocycles. The standard InChI is InChI=1S/C19H19NO4/c1-3-11-24-17-9-7-14(12-18(17)23-2)8-10-19(22)20-15-5-4-6-16(21)13-15/h3-10,12-13,21H,1,11H2,2H3,(H,20,22)/b10-8+. The van der Waals surface area contributed by atoms with Crippen molar-refractivity contribution >= 4 is 17.7 Å². The van der Waals surface area contributed by atoms with E-state index in [-0.39, 0.29) is 11.7 Å². The zero-order valence-electron chi connectivity index (χ0n) is 13.4. The average Bonchev–Trinajstić information content (AvgIpc) is 2.58. The van der Waals surface area contributed by atoms with Crippen molar-refractivity contribution in [3.05, 3.63) is 66.8 Å². The second-order valence-corrected chi connectivity index (χ2v) is 4.88. The Hall–Kier alpha value is -3.21. The number of rotatable bonds is 7. The van der Waals surface area contributed by atoms with E-state index in [0.29, 0.717) is 23.8 Å². The van der Waals surface area contributed by atoms with E-state index in [1.165, 1.54) is 18.2 Å². The molecule has 0 bridgehead atoms. The first-order valence-electron chi connectivity index (χ1n) is 7.32. The van der Waals surface area contributed by atoms with Gasteiger partial charge in [-0.25, -0.2) is 0 Å². The van der Waals surface area contributed by atoms with Crippen molar-refractivity contribution in [3.8, 4) is 17.2 Å². The number of hydrogen-bond acceptors (Lipinski definition) is 4. The molecule has 2 rings (SSSR count). The van der Waals surface area contributed by atoms with Crippen LogP contribution in [0, 0.1) is 0 Å². The van der Waals surface area contributed by atoms with E-state index in [0.717, 1.165) is 5.56 Å². The summed E-state index contributed by atoms with van der Waals surface area (Å²) in [7, 11) is 1.55. The van der Waals surface area contributed by atoms with Gasteiger partial charge in [0.05, 0.1) is 7.11 Å². The summed E-state index contributed by atoms with van der Waals surface area (Å²) >= 11 is 0. The lowest BCUT2D eigenvalue weighted by Crippen LogP contribution is -2.07. The summed E-state index contributed by atoms with van der Waals surface area (Å²) in [5.41, 5.74) is 1.32. The SMILES string of the molecule is C=CCOc1ccc(/C=C/C(=O)Nc2cccc(O)c2)cc1OC. The highest BCUT2D eigenvalue weighted by atomic mass is 16.5. The number of hydrogen-bond donors (Lipinski definition) is 2. The van der Waals surface area contributed by atoms with E-state index >= 15 is 0 Å². The van der Waals surface area contributed by atoms with E-state index < -0.39 is 0 Å². The van der Waals surface area contributed by atoms with Crippen molar-refractivity contribution in [2.45, 2.75) is 0 Å². The van der Waals surface area contributed by atoms with Gasteiger partial charge in [0.1, 0.15) is 12.4 Å². The van der Waals surface area contributed by atoms with Crippen molar-refractivity contribution < 1.29 is 19.4 Å². The first-order valence-corrected chi connectivity index (χ1v) is 7.32. The van der Waals surface area contributed by atoms with Gasteiger partial charge in [0.25, 0.3) is 0 Å². The van der Waals surface area contributed by atoms with Crippen LogP contribution in [0.4, 0.5) is 5.69 Å². The van der Waals surface area contributed by atoms with Crippen LogP contribution in [-0.4, -0.2) is 24.7 Å². The van der Waals surface area contributed by atoms with Gasteiger partial charge in [-0.2, -0.15) is 0 Å². The first-order chi connectivity index (χ1) is 11.6. The molecular formula is C19H19NO4. The highest BCUT2D eigenvalue weighted by molar-refractivity contribution is 6.02. The Balaban J connectivity index is 2.05. The Morgan fingerprint density at radius 2 is 2.08 bits per heavy atom. The summed E-state index contributed by atoms with van der Waals surface area (Å²) in [5.74, 6) is 0.981. The van der Waals surface area contributed by atoms with Crippen LogP contribution < -0.4 is 14.8 Å². The van der Waals surface area contributed by atoms with Crippen LogP contribution in [0.2, 0.25) is 0 Å². The van der Waals surface area contributed by atoms with Crippen LogP contribution in [0.15, 0.2) is 61.2 Å². The third kappa shape index (κ3) is 4.91. The van der Waals surface area contributed by atoms with Crippen molar-refractivity contribution in [1.82, 2.24) is 0 Å². The maximum Gasteiger partial charge on any atom is 0.248 e. The number of phenolic OH excluding ortho intramolecular Hbond substituents is 1. The number of carbonyl (C=O) groups is 1. The predicted octanol–water partition coefficient (Wildman–Crippen LogP) is 3.62. The third-order valence-corrected chi connectivity index (χ3v) is 3.09. The summed E-state index contributed by atoms with van der Waals surface area (Å²) in [5, 5.41) is 12.0. The maximum absolute atomic E-state index is 11.9. The summed E-state index contributed by atoms with van der Waals surface area (Å²) in [6.07, 6.45) is 4.72. The summed E-state index contributed by atoms with van der Waals surface area (Å²) in [6, 6.07) is 11.7.